The quantitative estimate of drug-likeness (QED) is 0.686. The van der Waals surface area contributed by atoms with Crippen LogP contribution in [0.2, 0.25) is 0 Å². The van der Waals surface area contributed by atoms with Crippen LogP contribution >= 0.6 is 0 Å². The molecule has 0 radical (unpaired) electrons. The summed E-state index contributed by atoms with van der Waals surface area (Å²) in [6.45, 7) is 5.94. The Kier molecular flexibility index (Phi) is 5.09. The van der Waals surface area contributed by atoms with Crippen LogP contribution in [0.5, 0.6) is 5.75 Å². The molecule has 0 aromatic heterocycles. The minimum atomic E-state index is -0.542. The molecule has 0 unspecified atom stereocenters. The van der Waals surface area contributed by atoms with E-state index in [2.05, 4.69) is 0 Å². The molecular formula is C10H15FO. The lowest BCUT2D eigenvalue weighted by Crippen LogP contribution is -1.81. The van der Waals surface area contributed by atoms with E-state index in [1.807, 2.05) is 20.8 Å². The molecule has 0 spiro atoms. The van der Waals surface area contributed by atoms with Gasteiger partial charge in [0.2, 0.25) is 0 Å². The Labute approximate surface area is 72.9 Å². The third-order valence-corrected chi connectivity index (χ3v) is 1.42. The van der Waals surface area contributed by atoms with Gasteiger partial charge >= 0.3 is 0 Å². The second-order valence-corrected chi connectivity index (χ2v) is 2.14. The fraction of sp³-hybridized carbons (Fsp3) is 0.400. The molecule has 1 nitrogen and oxygen atoms in total. The molecule has 0 saturated carbocycles. The molecule has 1 aromatic carbocycles. The summed E-state index contributed by atoms with van der Waals surface area (Å²) >= 11 is 0. The van der Waals surface area contributed by atoms with E-state index in [4.69, 9.17) is 5.11 Å². The minimum absolute atomic E-state index is 0.280. The third kappa shape index (κ3) is 2.91. The minimum Gasteiger partial charge on any atom is -0.505 e. The van der Waals surface area contributed by atoms with Gasteiger partial charge in [-0.25, -0.2) is 4.39 Å². The molecule has 0 aliphatic carbocycles. The maximum Gasteiger partial charge on any atom is 0.165 e. The topological polar surface area (TPSA) is 20.2 Å². The zero-order valence-corrected chi connectivity index (χ0v) is 7.76. The van der Waals surface area contributed by atoms with Crippen LogP contribution in [-0.4, -0.2) is 5.11 Å². The van der Waals surface area contributed by atoms with Gasteiger partial charge in [-0.3, -0.25) is 0 Å². The number of hydrogen-bond acceptors (Lipinski definition) is 1. The van der Waals surface area contributed by atoms with Crippen LogP contribution in [0.3, 0.4) is 0 Å². The predicted octanol–water partition coefficient (Wildman–Crippen LogP) is 3.12. The largest absolute Gasteiger partial charge is 0.505 e. The fourth-order valence-corrected chi connectivity index (χ4v) is 0.770. The molecule has 1 N–H and O–H groups in total. The van der Waals surface area contributed by atoms with E-state index in [0.29, 0.717) is 0 Å². The van der Waals surface area contributed by atoms with Crippen molar-refractivity contribution < 1.29 is 9.50 Å². The Morgan fingerprint density at radius 2 is 1.92 bits per heavy atom. The summed E-state index contributed by atoms with van der Waals surface area (Å²) in [6.07, 6.45) is 0.789. The van der Waals surface area contributed by atoms with E-state index < -0.39 is 5.82 Å². The van der Waals surface area contributed by atoms with Crippen LogP contribution in [0, 0.1) is 5.82 Å². The standard InChI is InChI=1S/C8H9FO.C2H6/c1-2-6-3-4-8(10)7(9)5-6;1-2/h3-5,10H,2H2,1H3;1-2H3. The second-order valence-electron chi connectivity index (χ2n) is 2.14. The monoisotopic (exact) mass is 170 g/mol. The average molecular weight is 170 g/mol. The number of benzene rings is 1. The van der Waals surface area contributed by atoms with Gasteiger partial charge in [-0.05, 0) is 24.1 Å². The smallest absolute Gasteiger partial charge is 0.165 e. The van der Waals surface area contributed by atoms with Crippen molar-refractivity contribution in [2.45, 2.75) is 27.2 Å². The van der Waals surface area contributed by atoms with Gasteiger partial charge in [-0.1, -0.05) is 26.8 Å². The molecule has 12 heavy (non-hydrogen) atoms. The first kappa shape index (κ1) is 11.0. The highest BCUT2D eigenvalue weighted by molar-refractivity contribution is 5.27. The first-order valence-corrected chi connectivity index (χ1v) is 4.21. The van der Waals surface area contributed by atoms with E-state index >= 15 is 0 Å². The van der Waals surface area contributed by atoms with E-state index in [0.717, 1.165) is 12.0 Å². The Hall–Kier alpha value is -1.05. The lowest BCUT2D eigenvalue weighted by atomic mass is 10.2. The zero-order chi connectivity index (χ0) is 9.56. The van der Waals surface area contributed by atoms with Crippen molar-refractivity contribution in [3.05, 3.63) is 29.6 Å². The summed E-state index contributed by atoms with van der Waals surface area (Å²) in [5.41, 5.74) is 0.898. The number of halogens is 1. The molecule has 2 heteroatoms. The number of aryl methyl sites for hydroxylation is 1. The Bertz CT molecular complexity index is 233. The Balaban J connectivity index is 0.000000561. The first-order chi connectivity index (χ1) is 5.74. The summed E-state index contributed by atoms with van der Waals surface area (Å²) in [4.78, 5) is 0. The maximum absolute atomic E-state index is 12.5. The van der Waals surface area contributed by atoms with Crippen molar-refractivity contribution >= 4 is 0 Å². The molecule has 0 aliphatic heterocycles. The van der Waals surface area contributed by atoms with Crippen LogP contribution in [0.4, 0.5) is 4.39 Å². The van der Waals surface area contributed by atoms with E-state index in [-0.39, 0.29) is 5.75 Å². The number of rotatable bonds is 1. The van der Waals surface area contributed by atoms with Gasteiger partial charge < -0.3 is 5.11 Å². The summed E-state index contributed by atoms with van der Waals surface area (Å²) in [6, 6.07) is 4.42. The fourth-order valence-electron chi connectivity index (χ4n) is 0.770. The normalized spacial score (nSPS) is 8.67. The van der Waals surface area contributed by atoms with Crippen molar-refractivity contribution in [2.24, 2.45) is 0 Å². The molecular weight excluding hydrogens is 155 g/mol. The molecule has 0 amide bonds. The first-order valence-electron chi connectivity index (χ1n) is 4.21. The lowest BCUT2D eigenvalue weighted by Gasteiger charge is -1.97. The highest BCUT2D eigenvalue weighted by Crippen LogP contribution is 2.15. The highest BCUT2D eigenvalue weighted by Gasteiger charge is 1.98. The molecule has 0 saturated heterocycles. The third-order valence-electron chi connectivity index (χ3n) is 1.42. The molecule has 1 rings (SSSR count). The predicted molar refractivity (Wildman–Crippen MR) is 48.8 cm³/mol. The SMILES string of the molecule is CC.CCc1ccc(O)c(F)c1. The van der Waals surface area contributed by atoms with Crippen molar-refractivity contribution in [1.82, 2.24) is 0 Å². The summed E-state index contributed by atoms with van der Waals surface area (Å²) in [5, 5.41) is 8.76. The van der Waals surface area contributed by atoms with Crippen molar-refractivity contribution in [3.63, 3.8) is 0 Å². The van der Waals surface area contributed by atoms with Gasteiger partial charge in [0.25, 0.3) is 0 Å². The number of hydrogen-bond donors (Lipinski definition) is 1. The molecule has 1 aromatic rings. The molecule has 0 bridgehead atoms. The van der Waals surface area contributed by atoms with Crippen molar-refractivity contribution in [2.75, 3.05) is 0 Å². The van der Waals surface area contributed by atoms with Gasteiger partial charge in [-0.15, -0.1) is 0 Å². The molecule has 0 heterocycles. The zero-order valence-electron chi connectivity index (χ0n) is 7.76. The van der Waals surface area contributed by atoms with E-state index in [9.17, 15) is 4.39 Å². The highest BCUT2D eigenvalue weighted by atomic mass is 19.1. The van der Waals surface area contributed by atoms with E-state index in [1.165, 1.54) is 12.1 Å². The lowest BCUT2D eigenvalue weighted by molar-refractivity contribution is 0.432. The maximum atomic E-state index is 12.5. The number of aromatic hydroxyl groups is 1. The van der Waals surface area contributed by atoms with Gasteiger partial charge in [0.15, 0.2) is 11.6 Å². The van der Waals surface area contributed by atoms with E-state index in [1.54, 1.807) is 6.07 Å². The van der Waals surface area contributed by atoms with Crippen LogP contribution in [0.15, 0.2) is 18.2 Å². The number of phenolic OH excluding ortho intramolecular Hbond substituents is 1. The molecule has 0 fully saturated rings. The van der Waals surface area contributed by atoms with Crippen molar-refractivity contribution in [1.29, 1.82) is 0 Å². The number of phenols is 1. The van der Waals surface area contributed by atoms with Crippen LogP contribution in [0.1, 0.15) is 26.3 Å². The van der Waals surface area contributed by atoms with Crippen LogP contribution in [-0.2, 0) is 6.42 Å². The summed E-state index contributed by atoms with van der Waals surface area (Å²) in [7, 11) is 0. The Morgan fingerprint density at radius 1 is 1.33 bits per heavy atom. The van der Waals surface area contributed by atoms with Crippen LogP contribution < -0.4 is 0 Å². The average Bonchev–Trinajstić information content (AvgIpc) is 2.13. The second kappa shape index (κ2) is 5.58. The molecule has 0 aliphatic rings. The Morgan fingerprint density at radius 3 is 2.33 bits per heavy atom. The van der Waals surface area contributed by atoms with Gasteiger partial charge in [0.05, 0.1) is 0 Å². The molecule has 0 atom stereocenters. The van der Waals surface area contributed by atoms with Crippen LogP contribution in [0.25, 0.3) is 0 Å². The summed E-state index contributed by atoms with van der Waals surface area (Å²) < 4.78 is 12.5. The van der Waals surface area contributed by atoms with Crippen molar-refractivity contribution in [3.8, 4) is 5.75 Å². The van der Waals surface area contributed by atoms with Gasteiger partial charge in [-0.2, -0.15) is 0 Å². The van der Waals surface area contributed by atoms with Gasteiger partial charge in [0, 0.05) is 0 Å². The van der Waals surface area contributed by atoms with Gasteiger partial charge in [0.1, 0.15) is 0 Å². The molecule has 68 valence electrons. The summed E-state index contributed by atoms with van der Waals surface area (Å²) in [5.74, 6) is -0.823.